The summed E-state index contributed by atoms with van der Waals surface area (Å²) in [6, 6.07) is 5.97. The zero-order valence-corrected chi connectivity index (χ0v) is 13.1. The highest BCUT2D eigenvalue weighted by Gasteiger charge is 2.12. The lowest BCUT2D eigenvalue weighted by molar-refractivity contribution is 0.102. The maximum atomic E-state index is 13.2. The predicted octanol–water partition coefficient (Wildman–Crippen LogP) is 4.06. The molecule has 0 saturated heterocycles. The van der Waals surface area contributed by atoms with Gasteiger partial charge in [0.25, 0.3) is 5.91 Å². The van der Waals surface area contributed by atoms with E-state index in [1.54, 1.807) is 18.5 Å². The van der Waals surface area contributed by atoms with Crippen LogP contribution < -0.4 is 10.6 Å². The molecule has 1 aromatic carbocycles. The summed E-state index contributed by atoms with van der Waals surface area (Å²) in [5.41, 5.74) is 1.70. The van der Waals surface area contributed by atoms with E-state index in [-0.39, 0.29) is 11.7 Å². The number of hydrogen-bond acceptors (Lipinski definition) is 3. The molecule has 110 valence electrons. The molecule has 0 radical (unpaired) electrons. The third kappa shape index (κ3) is 4.01. The number of anilines is 2. The van der Waals surface area contributed by atoms with Gasteiger partial charge in [0, 0.05) is 18.4 Å². The molecule has 0 fully saturated rings. The smallest absolute Gasteiger partial charge is 0.257 e. The van der Waals surface area contributed by atoms with Crippen molar-refractivity contribution in [3.8, 4) is 0 Å². The van der Waals surface area contributed by atoms with E-state index in [2.05, 4.69) is 31.5 Å². The second-order valence-corrected chi connectivity index (χ2v) is 5.29. The van der Waals surface area contributed by atoms with Crippen molar-refractivity contribution >= 4 is 33.2 Å². The monoisotopic (exact) mass is 351 g/mol. The van der Waals surface area contributed by atoms with Gasteiger partial charge in [-0.15, -0.1) is 0 Å². The molecule has 1 aromatic heterocycles. The number of amides is 1. The molecular weight excluding hydrogens is 337 g/mol. The summed E-state index contributed by atoms with van der Waals surface area (Å²) in [6.45, 7) is 2.80. The van der Waals surface area contributed by atoms with Crippen LogP contribution in [0.3, 0.4) is 0 Å². The lowest BCUT2D eigenvalue weighted by Gasteiger charge is -2.11. The summed E-state index contributed by atoms with van der Waals surface area (Å²) in [4.78, 5) is 16.3. The fourth-order valence-electron chi connectivity index (χ4n) is 1.77. The Balaban J connectivity index is 2.18. The number of nitrogens with one attached hydrogen (secondary N) is 2. The van der Waals surface area contributed by atoms with Gasteiger partial charge in [0.1, 0.15) is 5.82 Å². The van der Waals surface area contributed by atoms with Crippen LogP contribution in [0.4, 0.5) is 15.8 Å². The average molecular weight is 352 g/mol. The number of carbonyl (C=O) groups is 1. The summed E-state index contributed by atoms with van der Waals surface area (Å²) >= 11 is 3.09. The third-order valence-electron chi connectivity index (χ3n) is 2.81. The number of pyridine rings is 1. The Morgan fingerprint density at radius 3 is 2.90 bits per heavy atom. The van der Waals surface area contributed by atoms with Gasteiger partial charge >= 0.3 is 0 Å². The van der Waals surface area contributed by atoms with Gasteiger partial charge in [0.2, 0.25) is 0 Å². The lowest BCUT2D eigenvalue weighted by Crippen LogP contribution is -2.15. The van der Waals surface area contributed by atoms with Crippen molar-refractivity contribution < 1.29 is 9.18 Å². The number of hydrogen-bond donors (Lipinski definition) is 2. The van der Waals surface area contributed by atoms with Crippen molar-refractivity contribution in [1.82, 2.24) is 4.98 Å². The van der Waals surface area contributed by atoms with Crippen molar-refractivity contribution in [2.24, 2.45) is 0 Å². The quantitative estimate of drug-likeness (QED) is 0.853. The Morgan fingerprint density at radius 2 is 2.19 bits per heavy atom. The standard InChI is InChI=1S/C15H15BrFN3O/c1-2-6-19-14-9-18-7-5-11(14)15(21)20-10-3-4-13(17)12(16)8-10/h3-5,7-9,19H,2,6H2,1H3,(H,20,21). The molecule has 0 aliphatic rings. The molecule has 2 aromatic rings. The van der Waals surface area contributed by atoms with E-state index in [1.807, 2.05) is 6.92 Å². The molecule has 1 heterocycles. The molecule has 1 amide bonds. The zero-order chi connectivity index (χ0) is 15.2. The van der Waals surface area contributed by atoms with Crippen LogP contribution in [-0.2, 0) is 0 Å². The minimum Gasteiger partial charge on any atom is -0.383 e. The second-order valence-electron chi connectivity index (χ2n) is 4.43. The largest absolute Gasteiger partial charge is 0.383 e. The fourth-order valence-corrected chi connectivity index (χ4v) is 2.14. The highest BCUT2D eigenvalue weighted by atomic mass is 79.9. The lowest BCUT2D eigenvalue weighted by atomic mass is 10.2. The van der Waals surface area contributed by atoms with Crippen molar-refractivity contribution in [3.63, 3.8) is 0 Å². The highest BCUT2D eigenvalue weighted by molar-refractivity contribution is 9.10. The van der Waals surface area contributed by atoms with Gasteiger partial charge in [-0.3, -0.25) is 9.78 Å². The van der Waals surface area contributed by atoms with Gasteiger partial charge in [0.15, 0.2) is 0 Å². The van der Waals surface area contributed by atoms with Crippen LogP contribution in [0.1, 0.15) is 23.7 Å². The predicted molar refractivity (Wildman–Crippen MR) is 85.1 cm³/mol. The van der Waals surface area contributed by atoms with E-state index >= 15 is 0 Å². The molecule has 4 nitrogen and oxygen atoms in total. The summed E-state index contributed by atoms with van der Waals surface area (Å²) in [6.07, 6.45) is 4.12. The van der Waals surface area contributed by atoms with Crippen LogP contribution >= 0.6 is 15.9 Å². The van der Waals surface area contributed by atoms with E-state index in [9.17, 15) is 9.18 Å². The van der Waals surface area contributed by atoms with Crippen LogP contribution in [0.25, 0.3) is 0 Å². The van der Waals surface area contributed by atoms with Crippen molar-refractivity contribution in [3.05, 3.63) is 52.5 Å². The zero-order valence-electron chi connectivity index (χ0n) is 11.5. The van der Waals surface area contributed by atoms with Gasteiger partial charge in [-0.25, -0.2) is 4.39 Å². The Bertz CT molecular complexity index is 649. The molecular formula is C15H15BrFN3O. The third-order valence-corrected chi connectivity index (χ3v) is 3.42. The van der Waals surface area contributed by atoms with Crippen molar-refractivity contribution in [2.45, 2.75) is 13.3 Å². The van der Waals surface area contributed by atoms with Gasteiger partial charge in [-0.1, -0.05) is 6.92 Å². The van der Waals surface area contributed by atoms with E-state index in [0.29, 0.717) is 21.4 Å². The summed E-state index contributed by atoms with van der Waals surface area (Å²) in [5, 5.41) is 5.90. The van der Waals surface area contributed by atoms with E-state index in [4.69, 9.17) is 0 Å². The minimum atomic E-state index is -0.373. The van der Waals surface area contributed by atoms with Crippen LogP contribution in [0.5, 0.6) is 0 Å². The first-order valence-electron chi connectivity index (χ1n) is 6.56. The summed E-state index contributed by atoms with van der Waals surface area (Å²) in [7, 11) is 0. The molecule has 0 aliphatic heterocycles. The van der Waals surface area contributed by atoms with E-state index < -0.39 is 0 Å². The molecule has 21 heavy (non-hydrogen) atoms. The first-order valence-corrected chi connectivity index (χ1v) is 7.35. The van der Waals surface area contributed by atoms with Gasteiger partial charge < -0.3 is 10.6 Å². The molecule has 0 atom stereocenters. The Hall–Kier alpha value is -1.95. The molecule has 0 bridgehead atoms. The van der Waals surface area contributed by atoms with Crippen LogP contribution in [0.15, 0.2) is 41.1 Å². The maximum Gasteiger partial charge on any atom is 0.257 e. The molecule has 0 spiro atoms. The molecule has 0 saturated carbocycles. The molecule has 2 N–H and O–H groups in total. The van der Waals surface area contributed by atoms with Gasteiger partial charge in [0.05, 0.1) is 21.9 Å². The number of halogens is 2. The first kappa shape index (κ1) is 15.4. The topological polar surface area (TPSA) is 54.0 Å². The van der Waals surface area contributed by atoms with E-state index in [1.165, 1.54) is 18.2 Å². The summed E-state index contributed by atoms with van der Waals surface area (Å²) in [5.74, 6) is -0.642. The normalized spacial score (nSPS) is 10.2. The summed E-state index contributed by atoms with van der Waals surface area (Å²) < 4.78 is 13.5. The Kier molecular flexibility index (Phi) is 5.27. The molecule has 0 unspecified atom stereocenters. The fraction of sp³-hybridized carbons (Fsp3) is 0.200. The first-order chi connectivity index (χ1) is 10.1. The van der Waals surface area contributed by atoms with Crippen LogP contribution in [0.2, 0.25) is 0 Å². The van der Waals surface area contributed by atoms with Gasteiger partial charge in [-0.2, -0.15) is 0 Å². The molecule has 2 rings (SSSR count). The SMILES string of the molecule is CCCNc1cnccc1C(=O)Nc1ccc(F)c(Br)c1. The van der Waals surface area contributed by atoms with Crippen LogP contribution in [-0.4, -0.2) is 17.4 Å². The van der Waals surface area contributed by atoms with Crippen molar-refractivity contribution in [1.29, 1.82) is 0 Å². The number of aromatic nitrogens is 1. The molecule has 0 aliphatic carbocycles. The Morgan fingerprint density at radius 1 is 1.38 bits per heavy atom. The maximum absolute atomic E-state index is 13.2. The number of carbonyl (C=O) groups excluding carboxylic acids is 1. The number of nitrogens with zero attached hydrogens (tertiary/aromatic N) is 1. The average Bonchev–Trinajstić information content (AvgIpc) is 2.49. The van der Waals surface area contributed by atoms with Gasteiger partial charge in [-0.05, 0) is 46.6 Å². The number of rotatable bonds is 5. The highest BCUT2D eigenvalue weighted by Crippen LogP contribution is 2.21. The minimum absolute atomic E-state index is 0.269. The Labute approximate surface area is 130 Å². The van der Waals surface area contributed by atoms with E-state index in [0.717, 1.165) is 13.0 Å². The number of benzene rings is 1. The molecule has 6 heteroatoms. The van der Waals surface area contributed by atoms with Crippen LogP contribution in [0, 0.1) is 5.82 Å². The second kappa shape index (κ2) is 7.17. The van der Waals surface area contributed by atoms with Crippen molar-refractivity contribution in [2.75, 3.05) is 17.2 Å².